The van der Waals surface area contributed by atoms with Crippen LogP contribution >= 0.6 is 0 Å². The standard InChI is InChI=1S/C16H22O4/c1-11(15(19)12-8-6-5-7-9-12)13(17)10-14(18)20-16(2,3)4/h5-9,11,15,19H,10H2,1-4H3/t11-,15+/m1/s1. The third-order valence-electron chi connectivity index (χ3n) is 2.86. The summed E-state index contributed by atoms with van der Waals surface area (Å²) in [5.41, 5.74) is 0.0519. The lowest BCUT2D eigenvalue weighted by Gasteiger charge is -2.21. The zero-order valence-corrected chi connectivity index (χ0v) is 12.4. The highest BCUT2D eigenvalue weighted by Crippen LogP contribution is 2.23. The van der Waals surface area contributed by atoms with E-state index in [0.717, 1.165) is 0 Å². The van der Waals surface area contributed by atoms with E-state index in [0.29, 0.717) is 5.56 Å². The van der Waals surface area contributed by atoms with Gasteiger partial charge in [-0.15, -0.1) is 0 Å². The molecular formula is C16H22O4. The largest absolute Gasteiger partial charge is 0.460 e. The Balaban J connectivity index is 2.61. The van der Waals surface area contributed by atoms with Gasteiger partial charge in [0.1, 0.15) is 17.8 Å². The van der Waals surface area contributed by atoms with Gasteiger partial charge < -0.3 is 9.84 Å². The average Bonchev–Trinajstić information content (AvgIpc) is 2.35. The van der Waals surface area contributed by atoms with Crippen LogP contribution in [0.2, 0.25) is 0 Å². The number of ether oxygens (including phenoxy) is 1. The van der Waals surface area contributed by atoms with Crippen LogP contribution in [-0.2, 0) is 14.3 Å². The van der Waals surface area contributed by atoms with E-state index >= 15 is 0 Å². The van der Waals surface area contributed by atoms with Gasteiger partial charge in [0.2, 0.25) is 0 Å². The van der Waals surface area contributed by atoms with Crippen molar-refractivity contribution in [2.75, 3.05) is 0 Å². The molecule has 4 nitrogen and oxygen atoms in total. The van der Waals surface area contributed by atoms with Gasteiger partial charge >= 0.3 is 5.97 Å². The summed E-state index contributed by atoms with van der Waals surface area (Å²) in [5.74, 6) is -1.53. The van der Waals surface area contributed by atoms with E-state index in [1.165, 1.54) is 0 Å². The van der Waals surface area contributed by atoms with E-state index in [4.69, 9.17) is 4.74 Å². The van der Waals surface area contributed by atoms with Crippen LogP contribution < -0.4 is 0 Å². The first kappa shape index (κ1) is 16.4. The van der Waals surface area contributed by atoms with Crippen LogP contribution in [0.25, 0.3) is 0 Å². The zero-order valence-electron chi connectivity index (χ0n) is 12.4. The summed E-state index contributed by atoms with van der Waals surface area (Å²) in [4.78, 5) is 23.6. The van der Waals surface area contributed by atoms with Crippen molar-refractivity contribution in [2.24, 2.45) is 5.92 Å². The summed E-state index contributed by atoms with van der Waals surface area (Å²) < 4.78 is 5.10. The molecule has 0 amide bonds. The molecule has 110 valence electrons. The summed E-state index contributed by atoms with van der Waals surface area (Å²) >= 11 is 0. The number of carbonyl (C=O) groups excluding carboxylic acids is 2. The SMILES string of the molecule is C[C@H](C(=O)CC(=O)OC(C)(C)C)[C@H](O)c1ccccc1. The lowest BCUT2D eigenvalue weighted by molar-refractivity contribution is -0.157. The summed E-state index contributed by atoms with van der Waals surface area (Å²) in [6.45, 7) is 6.86. The molecule has 0 aliphatic heterocycles. The molecule has 1 aromatic rings. The van der Waals surface area contributed by atoms with Gasteiger partial charge in [0.15, 0.2) is 0 Å². The quantitative estimate of drug-likeness (QED) is 0.664. The molecule has 4 heteroatoms. The predicted octanol–water partition coefficient (Wildman–Crippen LogP) is 2.66. The minimum atomic E-state index is -0.911. The summed E-state index contributed by atoms with van der Waals surface area (Å²) in [7, 11) is 0. The van der Waals surface area contributed by atoms with Crippen LogP contribution in [0.3, 0.4) is 0 Å². The number of benzene rings is 1. The van der Waals surface area contributed by atoms with Crippen molar-refractivity contribution in [3.63, 3.8) is 0 Å². The number of aliphatic hydroxyl groups excluding tert-OH is 1. The second-order valence-electron chi connectivity index (χ2n) is 5.87. The van der Waals surface area contributed by atoms with E-state index in [1.807, 2.05) is 6.07 Å². The normalized spacial score (nSPS) is 14.4. The fourth-order valence-electron chi connectivity index (χ4n) is 1.80. The third kappa shape index (κ3) is 5.13. The number of Topliss-reactive ketones (excluding diaryl/α,β-unsaturated/α-hetero) is 1. The second-order valence-corrected chi connectivity index (χ2v) is 5.87. The lowest BCUT2D eigenvalue weighted by Crippen LogP contribution is -2.28. The summed E-state index contributed by atoms with van der Waals surface area (Å²) in [5, 5.41) is 10.1. The number of rotatable bonds is 5. The molecule has 0 aliphatic rings. The van der Waals surface area contributed by atoms with Gasteiger partial charge in [0, 0.05) is 5.92 Å². The molecule has 20 heavy (non-hydrogen) atoms. The topological polar surface area (TPSA) is 63.6 Å². The Morgan fingerprint density at radius 2 is 1.75 bits per heavy atom. The van der Waals surface area contributed by atoms with Crippen LogP contribution in [0.15, 0.2) is 30.3 Å². The van der Waals surface area contributed by atoms with Crippen LogP contribution in [0.5, 0.6) is 0 Å². The van der Waals surface area contributed by atoms with Crippen molar-refractivity contribution in [2.45, 2.75) is 45.8 Å². The van der Waals surface area contributed by atoms with Crippen LogP contribution in [0.1, 0.15) is 45.8 Å². The molecule has 0 aliphatic carbocycles. The first-order valence-electron chi connectivity index (χ1n) is 6.68. The van der Waals surface area contributed by atoms with E-state index < -0.39 is 23.6 Å². The van der Waals surface area contributed by atoms with Crippen LogP contribution in [0.4, 0.5) is 0 Å². The van der Waals surface area contributed by atoms with Crippen LogP contribution in [-0.4, -0.2) is 22.5 Å². The Bertz CT molecular complexity index is 459. The van der Waals surface area contributed by atoms with Gasteiger partial charge in [-0.3, -0.25) is 9.59 Å². The monoisotopic (exact) mass is 278 g/mol. The zero-order chi connectivity index (χ0) is 15.3. The summed E-state index contributed by atoms with van der Waals surface area (Å²) in [6, 6.07) is 8.93. The number of hydrogen-bond acceptors (Lipinski definition) is 4. The van der Waals surface area contributed by atoms with Crippen molar-refractivity contribution in [1.82, 2.24) is 0 Å². The highest BCUT2D eigenvalue weighted by Gasteiger charge is 2.27. The number of hydrogen-bond donors (Lipinski definition) is 1. The molecule has 0 fully saturated rings. The number of ketones is 1. The predicted molar refractivity (Wildman–Crippen MR) is 76.0 cm³/mol. The fourth-order valence-corrected chi connectivity index (χ4v) is 1.80. The highest BCUT2D eigenvalue weighted by atomic mass is 16.6. The minimum Gasteiger partial charge on any atom is -0.460 e. The third-order valence-corrected chi connectivity index (χ3v) is 2.86. The summed E-state index contributed by atoms with van der Waals surface area (Å²) in [6.07, 6.45) is -1.23. The maximum atomic E-state index is 12.0. The van der Waals surface area contributed by atoms with Gasteiger partial charge in [-0.2, -0.15) is 0 Å². The van der Waals surface area contributed by atoms with Crippen molar-refractivity contribution >= 4 is 11.8 Å². The minimum absolute atomic E-state index is 0.317. The highest BCUT2D eigenvalue weighted by molar-refractivity contribution is 5.97. The van der Waals surface area contributed by atoms with Gasteiger partial charge in [-0.05, 0) is 26.3 Å². The number of aliphatic hydroxyl groups is 1. The van der Waals surface area contributed by atoms with Crippen molar-refractivity contribution < 1.29 is 19.4 Å². The molecule has 0 bridgehead atoms. The molecule has 2 atom stereocenters. The molecule has 0 heterocycles. The molecule has 0 radical (unpaired) electrons. The Kier molecular flexibility index (Phi) is 5.45. The van der Waals surface area contributed by atoms with Gasteiger partial charge in [-0.1, -0.05) is 37.3 Å². The van der Waals surface area contributed by atoms with E-state index in [9.17, 15) is 14.7 Å². The average molecular weight is 278 g/mol. The van der Waals surface area contributed by atoms with Crippen molar-refractivity contribution in [3.8, 4) is 0 Å². The molecular weight excluding hydrogens is 256 g/mol. The molecule has 1 aromatic carbocycles. The van der Waals surface area contributed by atoms with Crippen molar-refractivity contribution in [3.05, 3.63) is 35.9 Å². The molecule has 0 saturated carbocycles. The van der Waals surface area contributed by atoms with Crippen LogP contribution in [0, 0.1) is 5.92 Å². The first-order valence-corrected chi connectivity index (χ1v) is 6.68. The molecule has 0 spiro atoms. The Morgan fingerprint density at radius 3 is 2.25 bits per heavy atom. The van der Waals surface area contributed by atoms with E-state index in [-0.39, 0.29) is 12.2 Å². The molecule has 0 unspecified atom stereocenters. The van der Waals surface area contributed by atoms with Gasteiger partial charge in [0.25, 0.3) is 0 Å². The lowest BCUT2D eigenvalue weighted by atomic mass is 9.92. The Labute approximate surface area is 119 Å². The maximum Gasteiger partial charge on any atom is 0.313 e. The second kappa shape index (κ2) is 6.66. The fraction of sp³-hybridized carbons (Fsp3) is 0.500. The molecule has 0 aromatic heterocycles. The Hall–Kier alpha value is -1.68. The van der Waals surface area contributed by atoms with Crippen molar-refractivity contribution in [1.29, 1.82) is 0 Å². The number of carbonyl (C=O) groups is 2. The van der Waals surface area contributed by atoms with E-state index in [2.05, 4.69) is 0 Å². The Morgan fingerprint density at radius 1 is 1.20 bits per heavy atom. The van der Waals surface area contributed by atoms with Gasteiger partial charge in [-0.25, -0.2) is 0 Å². The number of esters is 1. The molecule has 0 saturated heterocycles. The molecule has 1 N–H and O–H groups in total. The first-order chi connectivity index (χ1) is 9.20. The maximum absolute atomic E-state index is 12.0. The smallest absolute Gasteiger partial charge is 0.313 e. The van der Waals surface area contributed by atoms with E-state index in [1.54, 1.807) is 52.0 Å². The molecule has 1 rings (SSSR count). The van der Waals surface area contributed by atoms with Gasteiger partial charge in [0.05, 0.1) is 6.10 Å².